The Balaban J connectivity index is 2.27. The fourth-order valence-electron chi connectivity index (χ4n) is 2.36. The first-order valence-corrected chi connectivity index (χ1v) is 8.35. The van der Waals surface area contributed by atoms with Gasteiger partial charge in [-0.3, -0.25) is 0 Å². The van der Waals surface area contributed by atoms with Gasteiger partial charge in [0.1, 0.15) is 11.5 Å². The molecule has 7 heteroatoms. The van der Waals surface area contributed by atoms with Crippen LogP contribution in [-0.4, -0.2) is 21.0 Å². The zero-order valence-electron chi connectivity index (χ0n) is 12.9. The molecule has 0 unspecified atom stereocenters. The minimum atomic E-state index is -0.511. The number of halogens is 1. The van der Waals surface area contributed by atoms with Crippen molar-refractivity contribution in [3.05, 3.63) is 65.4 Å². The van der Waals surface area contributed by atoms with Crippen LogP contribution in [-0.2, 0) is 6.54 Å². The summed E-state index contributed by atoms with van der Waals surface area (Å²) in [6.45, 7) is 3.99. The van der Waals surface area contributed by atoms with E-state index in [1.807, 2.05) is 6.26 Å². The third-order valence-corrected chi connectivity index (χ3v) is 3.93. The second-order valence-electron chi connectivity index (χ2n) is 4.89. The average molecular weight is 343 g/mol. The van der Waals surface area contributed by atoms with Gasteiger partial charge in [0.2, 0.25) is 0 Å². The van der Waals surface area contributed by atoms with E-state index in [2.05, 4.69) is 16.5 Å². The molecule has 0 saturated heterocycles. The Hall–Kier alpha value is -2.67. The summed E-state index contributed by atoms with van der Waals surface area (Å²) in [6.07, 6.45) is 5.11. The minimum Gasteiger partial charge on any atom is -0.335 e. The van der Waals surface area contributed by atoms with Gasteiger partial charge in [-0.15, -0.1) is 6.58 Å². The summed E-state index contributed by atoms with van der Waals surface area (Å²) in [4.78, 5) is 21.0. The highest BCUT2D eigenvalue weighted by atomic mass is 32.2. The Kier molecular flexibility index (Phi) is 4.61. The molecule has 24 heavy (non-hydrogen) atoms. The fourth-order valence-corrected chi connectivity index (χ4v) is 2.71. The van der Waals surface area contributed by atoms with Crippen LogP contribution < -0.4 is 5.63 Å². The molecule has 0 bridgehead atoms. The summed E-state index contributed by atoms with van der Waals surface area (Å²) in [7, 11) is 0. The van der Waals surface area contributed by atoms with E-state index in [0.717, 1.165) is 0 Å². The molecule has 0 aliphatic heterocycles. The van der Waals surface area contributed by atoms with Gasteiger partial charge in [-0.25, -0.2) is 19.2 Å². The van der Waals surface area contributed by atoms with Crippen molar-refractivity contribution in [2.24, 2.45) is 0 Å². The van der Waals surface area contributed by atoms with Crippen LogP contribution in [0.15, 0.2) is 63.7 Å². The molecule has 5 nitrogen and oxygen atoms in total. The van der Waals surface area contributed by atoms with Crippen molar-refractivity contribution < 1.29 is 8.91 Å². The first kappa shape index (κ1) is 16.2. The van der Waals surface area contributed by atoms with Gasteiger partial charge < -0.3 is 4.52 Å². The molecule has 0 amide bonds. The van der Waals surface area contributed by atoms with E-state index in [1.54, 1.807) is 30.5 Å². The van der Waals surface area contributed by atoms with Gasteiger partial charge in [-0.1, -0.05) is 30.0 Å². The van der Waals surface area contributed by atoms with E-state index < -0.39 is 5.63 Å². The third kappa shape index (κ3) is 3.03. The van der Waals surface area contributed by atoms with Crippen LogP contribution in [0.1, 0.15) is 0 Å². The average Bonchev–Trinajstić information content (AvgIpc) is 2.92. The van der Waals surface area contributed by atoms with E-state index in [1.165, 1.54) is 28.6 Å². The maximum Gasteiger partial charge on any atom is 0.366 e. The van der Waals surface area contributed by atoms with Crippen LogP contribution in [0, 0.1) is 5.82 Å². The van der Waals surface area contributed by atoms with Crippen molar-refractivity contribution in [3.8, 4) is 22.5 Å². The first-order chi connectivity index (χ1) is 11.6. The summed E-state index contributed by atoms with van der Waals surface area (Å²) < 4.78 is 20.0. The molecular formula is C17H14FN3O2S. The predicted molar refractivity (Wildman–Crippen MR) is 91.4 cm³/mol. The second kappa shape index (κ2) is 6.84. The maximum absolute atomic E-state index is 13.2. The SMILES string of the molecule is C=CCn1oc(=O)c(-c2ccc(F)cc2)c1-c1ccnc(SC)n1. The lowest BCUT2D eigenvalue weighted by molar-refractivity contribution is 0.273. The Morgan fingerprint density at radius 2 is 2.08 bits per heavy atom. The molecular weight excluding hydrogens is 329 g/mol. The van der Waals surface area contributed by atoms with Crippen molar-refractivity contribution in [3.63, 3.8) is 0 Å². The number of hydrogen-bond donors (Lipinski definition) is 0. The lowest BCUT2D eigenvalue weighted by atomic mass is 10.0. The molecule has 3 rings (SSSR count). The van der Waals surface area contributed by atoms with Gasteiger partial charge in [-0.05, 0) is 30.0 Å². The highest BCUT2D eigenvalue weighted by Crippen LogP contribution is 2.30. The Labute approximate surface area is 141 Å². The number of rotatable bonds is 5. The summed E-state index contributed by atoms with van der Waals surface area (Å²) in [5, 5.41) is 0.580. The molecule has 0 aliphatic carbocycles. The summed E-state index contributed by atoms with van der Waals surface area (Å²) >= 11 is 1.40. The molecule has 0 saturated carbocycles. The lowest BCUT2D eigenvalue weighted by Crippen LogP contribution is -2.00. The second-order valence-corrected chi connectivity index (χ2v) is 5.66. The molecule has 2 heterocycles. The molecule has 0 N–H and O–H groups in total. The molecule has 0 fully saturated rings. The molecule has 1 aromatic carbocycles. The van der Waals surface area contributed by atoms with Crippen LogP contribution in [0.4, 0.5) is 4.39 Å². The van der Waals surface area contributed by atoms with Gasteiger partial charge in [-0.2, -0.15) is 4.74 Å². The standard InChI is InChI=1S/C17H14FN3O2S/c1-3-10-21-15(13-8-9-19-17(20-13)24-2)14(16(22)23-21)11-4-6-12(18)7-5-11/h3-9H,1,10H2,2H3. The smallest absolute Gasteiger partial charge is 0.335 e. The zero-order valence-corrected chi connectivity index (χ0v) is 13.7. The number of aromatic nitrogens is 3. The van der Waals surface area contributed by atoms with Crippen LogP contribution >= 0.6 is 11.8 Å². The molecule has 122 valence electrons. The summed E-state index contributed by atoms with van der Waals surface area (Å²) in [6, 6.07) is 7.39. The Morgan fingerprint density at radius 1 is 1.33 bits per heavy atom. The van der Waals surface area contributed by atoms with Gasteiger partial charge >= 0.3 is 5.63 Å². The van der Waals surface area contributed by atoms with E-state index in [-0.39, 0.29) is 5.82 Å². The maximum atomic E-state index is 13.2. The van der Waals surface area contributed by atoms with Crippen molar-refractivity contribution in [2.45, 2.75) is 11.7 Å². The Morgan fingerprint density at radius 3 is 2.75 bits per heavy atom. The van der Waals surface area contributed by atoms with Crippen molar-refractivity contribution >= 4 is 11.8 Å². The largest absolute Gasteiger partial charge is 0.366 e. The van der Waals surface area contributed by atoms with Gasteiger partial charge in [0.25, 0.3) is 0 Å². The van der Waals surface area contributed by atoms with Gasteiger partial charge in [0.05, 0.1) is 17.8 Å². The highest BCUT2D eigenvalue weighted by Gasteiger charge is 2.21. The van der Waals surface area contributed by atoms with Gasteiger partial charge in [0, 0.05) is 6.20 Å². The van der Waals surface area contributed by atoms with Gasteiger partial charge in [0.15, 0.2) is 5.16 Å². The quantitative estimate of drug-likeness (QED) is 0.402. The number of allylic oxidation sites excluding steroid dienone is 1. The van der Waals surface area contributed by atoms with E-state index in [4.69, 9.17) is 4.52 Å². The monoisotopic (exact) mass is 343 g/mol. The predicted octanol–water partition coefficient (Wildman–Crippen LogP) is 3.61. The van der Waals surface area contributed by atoms with Crippen molar-refractivity contribution in [1.29, 1.82) is 0 Å². The van der Waals surface area contributed by atoms with E-state index in [0.29, 0.717) is 34.2 Å². The van der Waals surface area contributed by atoms with E-state index >= 15 is 0 Å². The molecule has 0 aliphatic rings. The Bertz CT molecular complexity index is 932. The lowest BCUT2D eigenvalue weighted by Gasteiger charge is -2.07. The van der Waals surface area contributed by atoms with Crippen LogP contribution in [0.3, 0.4) is 0 Å². The molecule has 3 aromatic rings. The molecule has 0 radical (unpaired) electrons. The molecule has 2 aromatic heterocycles. The summed E-state index contributed by atoms with van der Waals surface area (Å²) in [5.74, 6) is -0.373. The zero-order chi connectivity index (χ0) is 17.1. The first-order valence-electron chi connectivity index (χ1n) is 7.12. The van der Waals surface area contributed by atoms with Crippen LogP contribution in [0.5, 0.6) is 0 Å². The van der Waals surface area contributed by atoms with Crippen molar-refractivity contribution in [2.75, 3.05) is 6.26 Å². The summed E-state index contributed by atoms with van der Waals surface area (Å²) in [5.41, 5.74) is 1.46. The minimum absolute atomic E-state index is 0.310. The fraction of sp³-hybridized carbons (Fsp3) is 0.118. The van der Waals surface area contributed by atoms with Crippen LogP contribution in [0.2, 0.25) is 0 Å². The highest BCUT2D eigenvalue weighted by molar-refractivity contribution is 7.98. The topological polar surface area (TPSA) is 60.9 Å². The molecule has 0 spiro atoms. The van der Waals surface area contributed by atoms with Crippen LogP contribution in [0.25, 0.3) is 22.5 Å². The number of benzene rings is 1. The normalized spacial score (nSPS) is 10.8. The number of nitrogens with zero attached hydrogens (tertiary/aromatic N) is 3. The van der Waals surface area contributed by atoms with Crippen molar-refractivity contribution in [1.82, 2.24) is 14.7 Å². The van der Waals surface area contributed by atoms with E-state index in [9.17, 15) is 9.18 Å². The third-order valence-electron chi connectivity index (χ3n) is 3.37. The molecule has 0 atom stereocenters. The number of hydrogen-bond acceptors (Lipinski definition) is 5. The number of thioether (sulfide) groups is 1.